The van der Waals surface area contributed by atoms with E-state index in [0.717, 1.165) is 0 Å². The van der Waals surface area contributed by atoms with Crippen LogP contribution >= 0.6 is 0 Å². The average Bonchev–Trinajstić information content (AvgIpc) is 2.15. The van der Waals surface area contributed by atoms with Crippen LogP contribution in [0.4, 0.5) is 24.8 Å². The molecule has 96 valence electrons. The number of nitrogens with two attached hydrogens (primary N) is 1. The van der Waals surface area contributed by atoms with E-state index >= 15 is 0 Å². The summed E-state index contributed by atoms with van der Waals surface area (Å²) in [4.78, 5) is 7.81. The van der Waals surface area contributed by atoms with Crippen LogP contribution < -0.4 is 11.1 Å². The Balaban J connectivity index is 2.58. The molecule has 0 bridgehead atoms. The standard InChI is InChI=1S/C9H13F3N4O/c1-17-5-8-15-6(13)4-7(16-8)14-3-2-9(10,11)12/h4H,2-3,5H2,1H3,(H3,13,14,15,16). The molecule has 0 fully saturated rings. The lowest BCUT2D eigenvalue weighted by Crippen LogP contribution is -2.16. The van der Waals surface area contributed by atoms with Crippen molar-refractivity contribution in [1.29, 1.82) is 0 Å². The van der Waals surface area contributed by atoms with Gasteiger partial charge in [-0.05, 0) is 0 Å². The van der Waals surface area contributed by atoms with Gasteiger partial charge >= 0.3 is 6.18 Å². The number of alkyl halides is 3. The highest BCUT2D eigenvalue weighted by Gasteiger charge is 2.26. The van der Waals surface area contributed by atoms with Gasteiger partial charge in [0, 0.05) is 19.7 Å². The van der Waals surface area contributed by atoms with Crippen molar-refractivity contribution in [2.45, 2.75) is 19.2 Å². The summed E-state index contributed by atoms with van der Waals surface area (Å²) in [6, 6.07) is 1.37. The molecule has 1 heterocycles. The maximum Gasteiger partial charge on any atom is 0.390 e. The molecule has 0 spiro atoms. The second-order valence-electron chi connectivity index (χ2n) is 3.32. The molecule has 5 nitrogen and oxygen atoms in total. The first kappa shape index (κ1) is 13.5. The van der Waals surface area contributed by atoms with Gasteiger partial charge in [-0.2, -0.15) is 13.2 Å². The zero-order valence-corrected chi connectivity index (χ0v) is 9.21. The van der Waals surface area contributed by atoms with Crippen molar-refractivity contribution in [1.82, 2.24) is 9.97 Å². The molecule has 0 saturated carbocycles. The second-order valence-corrected chi connectivity index (χ2v) is 3.32. The lowest BCUT2D eigenvalue weighted by atomic mass is 10.4. The van der Waals surface area contributed by atoms with E-state index in [-0.39, 0.29) is 24.8 Å². The normalized spacial score (nSPS) is 11.5. The first-order valence-corrected chi connectivity index (χ1v) is 4.83. The van der Waals surface area contributed by atoms with Crippen LogP contribution in [-0.4, -0.2) is 29.8 Å². The van der Waals surface area contributed by atoms with Crippen molar-refractivity contribution in [2.75, 3.05) is 24.7 Å². The number of rotatable bonds is 5. The molecule has 0 aliphatic carbocycles. The third-order valence-electron chi connectivity index (χ3n) is 1.78. The summed E-state index contributed by atoms with van der Waals surface area (Å²) in [6.45, 7) is -0.106. The van der Waals surface area contributed by atoms with Crippen LogP contribution in [0.2, 0.25) is 0 Å². The van der Waals surface area contributed by atoms with Crippen molar-refractivity contribution in [3.05, 3.63) is 11.9 Å². The van der Waals surface area contributed by atoms with Gasteiger partial charge in [-0.15, -0.1) is 0 Å². The number of aromatic nitrogens is 2. The predicted molar refractivity (Wildman–Crippen MR) is 56.3 cm³/mol. The van der Waals surface area contributed by atoms with Gasteiger partial charge in [-0.1, -0.05) is 0 Å². The van der Waals surface area contributed by atoms with Crippen molar-refractivity contribution >= 4 is 11.6 Å². The number of methoxy groups -OCH3 is 1. The third kappa shape index (κ3) is 5.34. The van der Waals surface area contributed by atoms with E-state index < -0.39 is 12.6 Å². The molecular weight excluding hydrogens is 237 g/mol. The highest BCUT2D eigenvalue weighted by molar-refractivity contribution is 5.44. The van der Waals surface area contributed by atoms with E-state index in [1.54, 1.807) is 0 Å². The molecular formula is C9H13F3N4O. The Morgan fingerprint density at radius 3 is 2.71 bits per heavy atom. The summed E-state index contributed by atoms with van der Waals surface area (Å²) in [5.74, 6) is 0.761. The van der Waals surface area contributed by atoms with Crippen LogP contribution in [0, 0.1) is 0 Å². The maximum atomic E-state index is 11.9. The summed E-state index contributed by atoms with van der Waals surface area (Å²) < 4.78 is 40.6. The minimum absolute atomic E-state index is 0.152. The highest BCUT2D eigenvalue weighted by Crippen LogP contribution is 2.19. The van der Waals surface area contributed by atoms with Crippen molar-refractivity contribution in [3.63, 3.8) is 0 Å². The van der Waals surface area contributed by atoms with Crippen LogP contribution in [0.15, 0.2) is 6.07 Å². The monoisotopic (exact) mass is 250 g/mol. The number of nitrogen functional groups attached to an aromatic ring is 1. The number of halogens is 3. The van der Waals surface area contributed by atoms with E-state index in [4.69, 9.17) is 10.5 Å². The Kier molecular flexibility index (Phi) is 4.50. The minimum Gasteiger partial charge on any atom is -0.384 e. The van der Waals surface area contributed by atoms with E-state index in [0.29, 0.717) is 5.82 Å². The van der Waals surface area contributed by atoms with Gasteiger partial charge in [0.25, 0.3) is 0 Å². The van der Waals surface area contributed by atoms with E-state index in [1.165, 1.54) is 13.2 Å². The molecule has 0 aliphatic rings. The Morgan fingerprint density at radius 2 is 2.12 bits per heavy atom. The zero-order chi connectivity index (χ0) is 12.9. The van der Waals surface area contributed by atoms with Crippen LogP contribution in [0.1, 0.15) is 12.2 Å². The van der Waals surface area contributed by atoms with E-state index in [9.17, 15) is 13.2 Å². The molecule has 0 aliphatic heterocycles. The predicted octanol–water partition coefficient (Wildman–Crippen LogP) is 1.57. The Hall–Kier alpha value is -1.57. The van der Waals surface area contributed by atoms with Gasteiger partial charge in [0.2, 0.25) is 0 Å². The summed E-state index contributed by atoms with van der Waals surface area (Å²) >= 11 is 0. The Labute approximate surface area is 96.2 Å². The number of hydrogen-bond donors (Lipinski definition) is 2. The molecule has 3 N–H and O–H groups in total. The minimum atomic E-state index is -4.19. The van der Waals surface area contributed by atoms with Crippen molar-refractivity contribution < 1.29 is 17.9 Å². The molecule has 0 aromatic carbocycles. The fraction of sp³-hybridized carbons (Fsp3) is 0.556. The fourth-order valence-electron chi connectivity index (χ4n) is 1.13. The number of hydrogen-bond acceptors (Lipinski definition) is 5. The van der Waals surface area contributed by atoms with Gasteiger partial charge in [0.1, 0.15) is 18.2 Å². The van der Waals surface area contributed by atoms with Gasteiger partial charge in [-0.25, -0.2) is 9.97 Å². The number of nitrogens with one attached hydrogen (secondary N) is 1. The molecule has 17 heavy (non-hydrogen) atoms. The molecule has 1 aromatic heterocycles. The van der Waals surface area contributed by atoms with Crippen LogP contribution in [0.5, 0.6) is 0 Å². The summed E-state index contributed by atoms with van der Waals surface area (Å²) in [5.41, 5.74) is 5.48. The highest BCUT2D eigenvalue weighted by atomic mass is 19.4. The summed E-state index contributed by atoms with van der Waals surface area (Å²) in [7, 11) is 1.46. The Bertz CT molecular complexity index is 370. The first-order valence-electron chi connectivity index (χ1n) is 4.83. The molecule has 1 rings (SSSR count). The molecule has 0 amide bonds. The van der Waals surface area contributed by atoms with Gasteiger partial charge in [0.15, 0.2) is 5.82 Å². The topological polar surface area (TPSA) is 73.1 Å². The van der Waals surface area contributed by atoms with Gasteiger partial charge in [-0.3, -0.25) is 0 Å². The van der Waals surface area contributed by atoms with Gasteiger partial charge < -0.3 is 15.8 Å². The molecule has 0 atom stereocenters. The second kappa shape index (κ2) is 5.67. The van der Waals surface area contributed by atoms with E-state index in [1.807, 2.05) is 0 Å². The van der Waals surface area contributed by atoms with Crippen molar-refractivity contribution in [3.8, 4) is 0 Å². The molecule has 1 aromatic rings. The SMILES string of the molecule is COCc1nc(N)cc(NCCC(F)(F)F)n1. The fourth-order valence-corrected chi connectivity index (χ4v) is 1.13. The largest absolute Gasteiger partial charge is 0.390 e. The lowest BCUT2D eigenvalue weighted by molar-refractivity contribution is -0.131. The number of anilines is 2. The molecule has 0 saturated heterocycles. The van der Waals surface area contributed by atoms with Crippen molar-refractivity contribution in [2.24, 2.45) is 0 Å². The average molecular weight is 250 g/mol. The van der Waals surface area contributed by atoms with Crippen LogP contribution in [-0.2, 0) is 11.3 Å². The lowest BCUT2D eigenvalue weighted by Gasteiger charge is -2.09. The van der Waals surface area contributed by atoms with Crippen LogP contribution in [0.3, 0.4) is 0 Å². The quantitative estimate of drug-likeness (QED) is 0.829. The third-order valence-corrected chi connectivity index (χ3v) is 1.78. The maximum absolute atomic E-state index is 11.9. The first-order chi connectivity index (χ1) is 7.90. The summed E-state index contributed by atoms with van der Waals surface area (Å²) in [6.07, 6.45) is -5.13. The molecule has 8 heteroatoms. The summed E-state index contributed by atoms with van der Waals surface area (Å²) in [5, 5.41) is 2.53. The van der Waals surface area contributed by atoms with Gasteiger partial charge in [0.05, 0.1) is 6.42 Å². The molecule has 0 radical (unpaired) electrons. The smallest absolute Gasteiger partial charge is 0.384 e. The zero-order valence-electron chi connectivity index (χ0n) is 9.21. The Morgan fingerprint density at radius 1 is 1.41 bits per heavy atom. The molecule has 0 unspecified atom stereocenters. The van der Waals surface area contributed by atoms with E-state index in [2.05, 4.69) is 15.3 Å². The number of nitrogens with zero attached hydrogens (tertiary/aromatic N) is 2. The number of ether oxygens (including phenoxy) is 1. The van der Waals surface area contributed by atoms with Crippen LogP contribution in [0.25, 0.3) is 0 Å².